The summed E-state index contributed by atoms with van der Waals surface area (Å²) in [6.07, 6.45) is 3.76. The van der Waals surface area contributed by atoms with E-state index in [1.165, 1.54) is 31.3 Å². The first-order chi connectivity index (χ1) is 20.1. The van der Waals surface area contributed by atoms with Gasteiger partial charge < -0.3 is 14.7 Å². The first-order valence-corrected chi connectivity index (χ1v) is 14.4. The van der Waals surface area contributed by atoms with Crippen LogP contribution in [0, 0.1) is 12.1 Å². The Morgan fingerprint density at radius 1 is 0.690 bits per heavy atom. The molecule has 3 nitrogen and oxygen atoms in total. The van der Waals surface area contributed by atoms with E-state index in [4.69, 9.17) is 9.72 Å². The summed E-state index contributed by atoms with van der Waals surface area (Å²) in [4.78, 5) is 9.00. The summed E-state index contributed by atoms with van der Waals surface area (Å²) in [7, 11) is 0. The SMILES string of the molecule is CC1(C)c2ccccc2Oc2c(-c3cc4c(cn3)sc3ccccc34)[c-]ccc21.[Ir].[c-]1ccccc1-c1ccccn1. The Morgan fingerprint density at radius 3 is 2.33 bits per heavy atom. The van der Waals surface area contributed by atoms with Crippen LogP contribution in [0.1, 0.15) is 25.0 Å². The molecule has 0 unspecified atom stereocenters. The van der Waals surface area contributed by atoms with Crippen molar-refractivity contribution in [2.45, 2.75) is 19.3 Å². The fourth-order valence-corrected chi connectivity index (χ4v) is 6.50. The van der Waals surface area contributed by atoms with Gasteiger partial charge in [-0.25, -0.2) is 0 Å². The van der Waals surface area contributed by atoms with E-state index in [-0.39, 0.29) is 25.5 Å². The molecule has 5 heteroatoms. The number of ether oxygens (including phenoxy) is 1. The van der Waals surface area contributed by atoms with E-state index in [1.807, 2.05) is 66.9 Å². The number of hydrogen-bond donors (Lipinski definition) is 0. The molecule has 3 aromatic heterocycles. The van der Waals surface area contributed by atoms with Gasteiger partial charge in [0.05, 0.1) is 4.70 Å². The van der Waals surface area contributed by atoms with Gasteiger partial charge in [0.25, 0.3) is 0 Å². The quantitative estimate of drug-likeness (QED) is 0.166. The molecular formula is C37H26IrN2OS-2. The molecule has 4 aromatic carbocycles. The molecule has 207 valence electrons. The zero-order valence-corrected chi connectivity index (χ0v) is 26.3. The van der Waals surface area contributed by atoms with Crippen molar-refractivity contribution < 1.29 is 24.8 Å². The summed E-state index contributed by atoms with van der Waals surface area (Å²) in [6, 6.07) is 43.3. The fraction of sp³-hybridized carbons (Fsp3) is 0.0811. The third kappa shape index (κ3) is 5.05. The molecule has 8 rings (SSSR count). The van der Waals surface area contributed by atoms with E-state index in [1.54, 1.807) is 17.5 Å². The van der Waals surface area contributed by atoms with Gasteiger partial charge in [0, 0.05) is 53.9 Å². The van der Waals surface area contributed by atoms with Crippen molar-refractivity contribution in [3.05, 3.63) is 145 Å². The largest absolute Gasteiger partial charge is 0.501 e. The van der Waals surface area contributed by atoms with Gasteiger partial charge in [-0.05, 0) is 40.4 Å². The van der Waals surface area contributed by atoms with E-state index in [2.05, 4.69) is 79.5 Å². The van der Waals surface area contributed by atoms with Crippen LogP contribution in [0.2, 0.25) is 0 Å². The van der Waals surface area contributed by atoms with Crippen LogP contribution >= 0.6 is 11.3 Å². The second-order valence-electron chi connectivity index (χ2n) is 10.5. The minimum Gasteiger partial charge on any atom is -0.501 e. The molecule has 0 saturated carbocycles. The maximum Gasteiger partial charge on any atom is 0.118 e. The average molecular weight is 739 g/mol. The zero-order chi connectivity index (χ0) is 27.8. The Labute approximate surface area is 263 Å². The molecule has 4 heterocycles. The number of rotatable bonds is 2. The predicted molar refractivity (Wildman–Crippen MR) is 169 cm³/mol. The van der Waals surface area contributed by atoms with Crippen molar-refractivity contribution >= 4 is 31.5 Å². The Balaban J connectivity index is 0.000000205. The van der Waals surface area contributed by atoms with E-state index in [0.717, 1.165) is 34.0 Å². The molecule has 1 aliphatic heterocycles. The zero-order valence-electron chi connectivity index (χ0n) is 23.1. The van der Waals surface area contributed by atoms with E-state index in [9.17, 15) is 0 Å². The summed E-state index contributed by atoms with van der Waals surface area (Å²) in [5.41, 5.74) is 6.05. The molecule has 7 aromatic rings. The number of fused-ring (bicyclic) bond motifs is 5. The molecule has 0 atom stereocenters. The van der Waals surface area contributed by atoms with Crippen molar-refractivity contribution in [2.75, 3.05) is 0 Å². The molecule has 0 spiro atoms. The third-order valence-corrected chi connectivity index (χ3v) is 8.69. The number of para-hydroxylation sites is 1. The Bertz CT molecular complexity index is 1960. The monoisotopic (exact) mass is 739 g/mol. The Morgan fingerprint density at radius 2 is 1.50 bits per heavy atom. The van der Waals surface area contributed by atoms with Gasteiger partial charge in [-0.3, -0.25) is 0 Å². The van der Waals surface area contributed by atoms with Crippen molar-refractivity contribution in [2.24, 2.45) is 0 Å². The average Bonchev–Trinajstić information content (AvgIpc) is 3.40. The number of benzene rings is 4. The summed E-state index contributed by atoms with van der Waals surface area (Å²) >= 11 is 1.78. The van der Waals surface area contributed by atoms with Crippen LogP contribution in [0.4, 0.5) is 0 Å². The molecular weight excluding hydrogens is 713 g/mol. The smallest absolute Gasteiger partial charge is 0.118 e. The number of thiophene rings is 1. The van der Waals surface area contributed by atoms with Gasteiger partial charge in [0.15, 0.2) is 0 Å². The van der Waals surface area contributed by atoms with Crippen LogP contribution in [0.15, 0.2) is 122 Å². The second-order valence-corrected chi connectivity index (χ2v) is 11.6. The molecule has 1 aliphatic rings. The number of pyridine rings is 2. The Kier molecular flexibility index (Phi) is 7.74. The van der Waals surface area contributed by atoms with E-state index >= 15 is 0 Å². The molecule has 42 heavy (non-hydrogen) atoms. The minimum absolute atomic E-state index is 0. The molecule has 0 amide bonds. The van der Waals surface area contributed by atoms with Crippen LogP contribution in [-0.4, -0.2) is 9.97 Å². The number of aromatic nitrogens is 2. The van der Waals surface area contributed by atoms with Crippen molar-refractivity contribution in [3.63, 3.8) is 0 Å². The molecule has 0 bridgehead atoms. The maximum absolute atomic E-state index is 6.41. The summed E-state index contributed by atoms with van der Waals surface area (Å²) in [6.45, 7) is 4.50. The summed E-state index contributed by atoms with van der Waals surface area (Å²) in [5, 5.41) is 2.50. The van der Waals surface area contributed by atoms with Crippen LogP contribution in [0.3, 0.4) is 0 Å². The van der Waals surface area contributed by atoms with Gasteiger partial charge in [0.1, 0.15) is 5.75 Å². The van der Waals surface area contributed by atoms with Gasteiger partial charge >= 0.3 is 0 Å². The van der Waals surface area contributed by atoms with Crippen LogP contribution < -0.4 is 4.74 Å². The predicted octanol–water partition coefficient (Wildman–Crippen LogP) is 9.89. The molecule has 0 aliphatic carbocycles. The van der Waals surface area contributed by atoms with Crippen LogP contribution in [-0.2, 0) is 25.5 Å². The van der Waals surface area contributed by atoms with Crippen molar-refractivity contribution in [3.8, 4) is 34.0 Å². The van der Waals surface area contributed by atoms with Crippen LogP contribution in [0.5, 0.6) is 11.5 Å². The van der Waals surface area contributed by atoms with E-state index in [0.29, 0.717) is 0 Å². The second kappa shape index (κ2) is 11.6. The van der Waals surface area contributed by atoms with Crippen LogP contribution in [0.25, 0.3) is 42.7 Å². The standard InChI is InChI=1S/C26H18NOS.C11H8N.Ir/c1-26(2)19-10-4-5-12-22(19)28-25-17(9-7-11-20(25)26)21-14-18-16-8-3-6-13-23(16)29-24(18)15-27-21;1-2-6-10(7-3-1)11-8-4-5-9-12-11;/h3-8,10-15H,1-2H3;1-6,8-9H;/q2*-1;. The fourth-order valence-electron chi connectivity index (χ4n) is 5.44. The molecule has 0 N–H and O–H groups in total. The first-order valence-electron chi connectivity index (χ1n) is 13.6. The molecule has 0 fully saturated rings. The van der Waals surface area contributed by atoms with Gasteiger partial charge in [-0.15, -0.1) is 65.4 Å². The normalized spacial score (nSPS) is 12.7. The molecule has 0 saturated heterocycles. The summed E-state index contributed by atoms with van der Waals surface area (Å²) in [5.74, 6) is 1.77. The Hall–Kier alpha value is -4.15. The van der Waals surface area contributed by atoms with Crippen molar-refractivity contribution in [1.82, 2.24) is 9.97 Å². The molecule has 1 radical (unpaired) electrons. The summed E-state index contributed by atoms with van der Waals surface area (Å²) < 4.78 is 8.90. The number of nitrogens with zero attached hydrogens (tertiary/aromatic N) is 2. The topological polar surface area (TPSA) is 35.0 Å². The van der Waals surface area contributed by atoms with E-state index < -0.39 is 0 Å². The first kappa shape index (κ1) is 28.0. The maximum atomic E-state index is 6.41. The van der Waals surface area contributed by atoms with Gasteiger partial charge in [-0.1, -0.05) is 79.6 Å². The number of hydrogen-bond acceptors (Lipinski definition) is 4. The minimum atomic E-state index is -0.146. The van der Waals surface area contributed by atoms with Gasteiger partial charge in [-0.2, -0.15) is 0 Å². The third-order valence-electron chi connectivity index (χ3n) is 7.57. The van der Waals surface area contributed by atoms with Crippen molar-refractivity contribution in [1.29, 1.82) is 0 Å². The van der Waals surface area contributed by atoms with Gasteiger partial charge in [0.2, 0.25) is 0 Å².